The molecule has 0 aromatic heterocycles. The van der Waals surface area contributed by atoms with Crippen molar-refractivity contribution >= 4 is 0 Å². The first-order valence-corrected chi connectivity index (χ1v) is 4.54. The minimum absolute atomic E-state index is 0.958. The summed E-state index contributed by atoms with van der Waals surface area (Å²) < 4.78 is 0. The zero-order chi connectivity index (χ0) is 9.98. The average Bonchev–Trinajstić information content (AvgIpc) is 2.01. The lowest BCUT2D eigenvalue weighted by atomic mass is 10.1. The van der Waals surface area contributed by atoms with Crippen LogP contribution in [0.2, 0.25) is 0 Å². The molecule has 0 atom stereocenters. The summed E-state index contributed by atoms with van der Waals surface area (Å²) in [5, 5.41) is 0. The van der Waals surface area contributed by atoms with E-state index in [1.807, 2.05) is 19.9 Å². The number of hydrogen-bond donors (Lipinski definition) is 0. The summed E-state index contributed by atoms with van der Waals surface area (Å²) >= 11 is 0. The van der Waals surface area contributed by atoms with Gasteiger partial charge in [-0.25, -0.2) is 0 Å². The van der Waals surface area contributed by atoms with Crippen LogP contribution in [0.25, 0.3) is 0 Å². The smallest absolute Gasteiger partial charge is 0.00761 e. The van der Waals surface area contributed by atoms with Gasteiger partial charge in [0.2, 0.25) is 0 Å². The maximum Gasteiger partial charge on any atom is -0.00761 e. The van der Waals surface area contributed by atoms with Crippen LogP contribution in [0.1, 0.15) is 40.5 Å². The first-order valence-electron chi connectivity index (χ1n) is 4.54. The monoisotopic (exact) mass is 166 g/mol. The Balaban J connectivity index is 0. The van der Waals surface area contributed by atoms with Crippen molar-refractivity contribution in [2.75, 3.05) is 0 Å². The molecule has 0 bridgehead atoms. The maximum absolute atomic E-state index is 3.80. The van der Waals surface area contributed by atoms with Gasteiger partial charge in [-0.15, -0.1) is 0 Å². The molecule has 0 saturated carbocycles. The van der Waals surface area contributed by atoms with Gasteiger partial charge in [-0.3, -0.25) is 0 Å². The van der Waals surface area contributed by atoms with E-state index in [1.54, 1.807) is 0 Å². The van der Waals surface area contributed by atoms with Gasteiger partial charge in [-0.05, 0) is 25.8 Å². The van der Waals surface area contributed by atoms with Crippen molar-refractivity contribution in [1.82, 2.24) is 0 Å². The molecule has 0 fully saturated rings. The number of rotatable bonds is 3. The SMILES string of the molecule is C=C/C(=C\C)CC(=C)C.CCC. The Morgan fingerprint density at radius 1 is 1.33 bits per heavy atom. The van der Waals surface area contributed by atoms with E-state index in [0.29, 0.717) is 0 Å². The van der Waals surface area contributed by atoms with E-state index in [2.05, 4.69) is 33.1 Å². The number of hydrogen-bond acceptors (Lipinski definition) is 0. The Kier molecular flexibility index (Phi) is 11.7. The normalized spacial score (nSPS) is 9.83. The van der Waals surface area contributed by atoms with E-state index < -0.39 is 0 Å². The van der Waals surface area contributed by atoms with Crippen molar-refractivity contribution in [3.8, 4) is 0 Å². The second-order valence-electron chi connectivity index (χ2n) is 2.91. The summed E-state index contributed by atoms with van der Waals surface area (Å²) in [5.74, 6) is 0. The second-order valence-corrected chi connectivity index (χ2v) is 2.91. The van der Waals surface area contributed by atoms with Crippen molar-refractivity contribution in [3.63, 3.8) is 0 Å². The molecular formula is C12H22. The molecule has 0 amide bonds. The van der Waals surface area contributed by atoms with Crippen LogP contribution in [0, 0.1) is 0 Å². The van der Waals surface area contributed by atoms with Gasteiger partial charge in [0.05, 0.1) is 0 Å². The predicted octanol–water partition coefficient (Wildman–Crippen LogP) is 4.50. The van der Waals surface area contributed by atoms with E-state index in [9.17, 15) is 0 Å². The Morgan fingerprint density at radius 2 is 1.75 bits per heavy atom. The van der Waals surface area contributed by atoms with Crippen LogP contribution in [0.3, 0.4) is 0 Å². The minimum Gasteiger partial charge on any atom is -0.0998 e. The van der Waals surface area contributed by atoms with Crippen LogP contribution >= 0.6 is 0 Å². The van der Waals surface area contributed by atoms with Gasteiger partial charge in [0.25, 0.3) is 0 Å². The highest BCUT2D eigenvalue weighted by atomic mass is 13.9. The number of allylic oxidation sites excluding steroid dienone is 4. The standard InChI is InChI=1S/C9H14.C3H8/c1-5-9(6-2)7-8(3)4;1-3-2/h5-6H,1,3,7H2,2,4H3;3H2,1-2H3/b9-6+;. The lowest BCUT2D eigenvalue weighted by Gasteiger charge is -1.97. The topological polar surface area (TPSA) is 0 Å². The van der Waals surface area contributed by atoms with Crippen molar-refractivity contribution in [2.24, 2.45) is 0 Å². The van der Waals surface area contributed by atoms with Gasteiger partial charge >= 0.3 is 0 Å². The van der Waals surface area contributed by atoms with Crippen molar-refractivity contribution in [2.45, 2.75) is 40.5 Å². The van der Waals surface area contributed by atoms with Crippen LogP contribution in [0.4, 0.5) is 0 Å². The summed E-state index contributed by atoms with van der Waals surface area (Å²) in [4.78, 5) is 0. The highest BCUT2D eigenvalue weighted by Gasteiger charge is 1.87. The van der Waals surface area contributed by atoms with Gasteiger partial charge in [0.1, 0.15) is 0 Å². The Labute approximate surface area is 77.7 Å². The summed E-state index contributed by atoms with van der Waals surface area (Å²) in [6.07, 6.45) is 6.14. The van der Waals surface area contributed by atoms with E-state index in [4.69, 9.17) is 0 Å². The highest BCUT2D eigenvalue weighted by molar-refractivity contribution is 5.20. The largest absolute Gasteiger partial charge is 0.0998 e. The fourth-order valence-corrected chi connectivity index (χ4v) is 0.641. The fourth-order valence-electron chi connectivity index (χ4n) is 0.641. The molecule has 0 radical (unpaired) electrons. The van der Waals surface area contributed by atoms with Gasteiger partial charge in [0, 0.05) is 0 Å². The van der Waals surface area contributed by atoms with Crippen molar-refractivity contribution in [1.29, 1.82) is 0 Å². The van der Waals surface area contributed by atoms with Crippen LogP contribution in [-0.2, 0) is 0 Å². The lowest BCUT2D eigenvalue weighted by molar-refractivity contribution is 1.09. The molecule has 0 heteroatoms. The van der Waals surface area contributed by atoms with Crippen molar-refractivity contribution in [3.05, 3.63) is 36.5 Å². The summed E-state index contributed by atoms with van der Waals surface area (Å²) in [5.41, 5.74) is 2.44. The molecule has 0 aliphatic rings. The van der Waals surface area contributed by atoms with Crippen LogP contribution in [-0.4, -0.2) is 0 Å². The van der Waals surface area contributed by atoms with Crippen LogP contribution in [0.5, 0.6) is 0 Å². The van der Waals surface area contributed by atoms with Gasteiger partial charge in [-0.1, -0.05) is 51.2 Å². The van der Waals surface area contributed by atoms with Gasteiger partial charge in [-0.2, -0.15) is 0 Å². The fraction of sp³-hybridized carbons (Fsp3) is 0.500. The summed E-state index contributed by atoms with van der Waals surface area (Å²) in [6, 6.07) is 0. The molecular weight excluding hydrogens is 144 g/mol. The zero-order valence-electron chi connectivity index (χ0n) is 8.98. The van der Waals surface area contributed by atoms with E-state index in [1.165, 1.54) is 17.6 Å². The van der Waals surface area contributed by atoms with Gasteiger partial charge < -0.3 is 0 Å². The third-order valence-electron chi connectivity index (χ3n) is 1.14. The van der Waals surface area contributed by atoms with Crippen molar-refractivity contribution < 1.29 is 0 Å². The molecule has 70 valence electrons. The summed E-state index contributed by atoms with van der Waals surface area (Å²) in [6.45, 7) is 15.8. The molecule has 0 aliphatic carbocycles. The molecule has 0 aliphatic heterocycles. The maximum atomic E-state index is 3.80. The average molecular weight is 166 g/mol. The third kappa shape index (κ3) is 12.0. The van der Waals surface area contributed by atoms with E-state index in [-0.39, 0.29) is 0 Å². The van der Waals surface area contributed by atoms with Gasteiger partial charge in [0.15, 0.2) is 0 Å². The first-order chi connectivity index (χ1) is 5.62. The second kappa shape index (κ2) is 10.2. The first kappa shape index (κ1) is 13.8. The third-order valence-corrected chi connectivity index (χ3v) is 1.14. The lowest BCUT2D eigenvalue weighted by Crippen LogP contribution is -1.77. The predicted molar refractivity (Wildman–Crippen MR) is 59.4 cm³/mol. The molecule has 0 spiro atoms. The Morgan fingerprint density at radius 3 is 1.83 bits per heavy atom. The molecule has 0 saturated heterocycles. The molecule has 12 heavy (non-hydrogen) atoms. The molecule has 0 rings (SSSR count). The minimum atomic E-state index is 0.958. The van der Waals surface area contributed by atoms with Crippen LogP contribution in [0.15, 0.2) is 36.5 Å². The highest BCUT2D eigenvalue weighted by Crippen LogP contribution is 2.08. The molecule has 0 aromatic rings. The molecule has 0 unspecified atom stereocenters. The molecule has 0 nitrogen and oxygen atoms in total. The van der Waals surface area contributed by atoms with Crippen LogP contribution < -0.4 is 0 Å². The molecule has 0 heterocycles. The Bertz CT molecular complexity index is 149. The van der Waals surface area contributed by atoms with E-state index in [0.717, 1.165) is 6.42 Å². The Hall–Kier alpha value is -0.780. The molecule has 0 aromatic carbocycles. The quantitative estimate of drug-likeness (QED) is 0.427. The zero-order valence-corrected chi connectivity index (χ0v) is 8.98. The van der Waals surface area contributed by atoms with E-state index >= 15 is 0 Å². The summed E-state index contributed by atoms with van der Waals surface area (Å²) in [7, 11) is 0. The molecule has 0 N–H and O–H groups in total.